The topological polar surface area (TPSA) is 29.3 Å². The van der Waals surface area contributed by atoms with E-state index >= 15 is 0 Å². The number of rotatable bonds is 2. The Morgan fingerprint density at radius 3 is 2.12 bits per heavy atom. The summed E-state index contributed by atoms with van der Waals surface area (Å²) in [6.07, 6.45) is 0. The first-order valence-corrected chi connectivity index (χ1v) is 5.29. The van der Waals surface area contributed by atoms with Crippen LogP contribution in [0.2, 0.25) is 0 Å². The second kappa shape index (κ2) is 4.00. The zero-order valence-corrected chi connectivity index (χ0v) is 10.1. The fraction of sp³-hybridized carbons (Fsp3) is 0.308. The van der Waals surface area contributed by atoms with Gasteiger partial charge in [-0.2, -0.15) is 0 Å². The van der Waals surface area contributed by atoms with Crippen LogP contribution < -0.4 is 4.90 Å². The minimum atomic E-state index is 0.712. The van der Waals surface area contributed by atoms with Gasteiger partial charge in [-0.05, 0) is 31.2 Å². The maximum Gasteiger partial charge on any atom is 0.192 e. The highest BCUT2D eigenvalue weighted by Crippen LogP contribution is 2.25. The van der Waals surface area contributed by atoms with Crippen molar-refractivity contribution in [3.05, 3.63) is 35.9 Å². The fourth-order valence-electron chi connectivity index (χ4n) is 1.71. The quantitative estimate of drug-likeness (QED) is 0.772. The van der Waals surface area contributed by atoms with E-state index in [2.05, 4.69) is 34.1 Å². The van der Waals surface area contributed by atoms with Gasteiger partial charge in [-0.15, -0.1) is 0 Å². The van der Waals surface area contributed by atoms with Crippen LogP contribution in [-0.2, 0) is 0 Å². The number of nitrogens with zero attached hydrogens (tertiary/aromatic N) is 2. The van der Waals surface area contributed by atoms with Gasteiger partial charge >= 0.3 is 0 Å². The lowest BCUT2D eigenvalue weighted by molar-refractivity contribution is 0.534. The average molecular weight is 216 g/mol. The molecule has 2 rings (SSSR count). The van der Waals surface area contributed by atoms with Crippen LogP contribution in [0.4, 0.5) is 5.69 Å². The van der Waals surface area contributed by atoms with Crippen molar-refractivity contribution in [1.29, 1.82) is 0 Å². The van der Waals surface area contributed by atoms with Crippen LogP contribution in [0.1, 0.15) is 11.6 Å². The predicted octanol–water partition coefficient (Wildman–Crippen LogP) is 3.02. The third-order valence-electron chi connectivity index (χ3n) is 2.55. The molecule has 0 N–H and O–H groups in total. The summed E-state index contributed by atoms with van der Waals surface area (Å²) in [4.78, 5) is 6.34. The van der Waals surface area contributed by atoms with E-state index in [1.54, 1.807) is 0 Å². The number of benzene rings is 1. The molecule has 0 aliphatic heterocycles. The van der Waals surface area contributed by atoms with Crippen molar-refractivity contribution in [3.8, 4) is 11.3 Å². The summed E-state index contributed by atoms with van der Waals surface area (Å²) < 4.78 is 5.58. The third kappa shape index (κ3) is 1.94. The van der Waals surface area contributed by atoms with Crippen LogP contribution in [0.25, 0.3) is 11.3 Å². The first-order valence-electron chi connectivity index (χ1n) is 5.29. The molecule has 0 aliphatic rings. The van der Waals surface area contributed by atoms with Gasteiger partial charge < -0.3 is 9.32 Å². The maximum atomic E-state index is 5.58. The van der Waals surface area contributed by atoms with Gasteiger partial charge in [-0.3, -0.25) is 0 Å². The summed E-state index contributed by atoms with van der Waals surface area (Å²) in [6, 6.07) is 8.27. The Hall–Kier alpha value is -1.77. The summed E-state index contributed by atoms with van der Waals surface area (Å²) in [7, 11) is 4.05. The number of anilines is 1. The van der Waals surface area contributed by atoms with Crippen molar-refractivity contribution in [3.63, 3.8) is 0 Å². The Labute approximate surface area is 95.7 Å². The van der Waals surface area contributed by atoms with Gasteiger partial charge in [0.05, 0.1) is 5.69 Å². The first kappa shape index (κ1) is 10.7. The average Bonchev–Trinajstić information content (AvgIpc) is 2.58. The van der Waals surface area contributed by atoms with Crippen LogP contribution in [0, 0.1) is 13.8 Å². The molecule has 0 radical (unpaired) electrons. The molecular weight excluding hydrogens is 200 g/mol. The van der Waals surface area contributed by atoms with E-state index in [4.69, 9.17) is 4.42 Å². The fourth-order valence-corrected chi connectivity index (χ4v) is 1.71. The molecule has 0 amide bonds. The lowest BCUT2D eigenvalue weighted by Gasteiger charge is -2.12. The van der Waals surface area contributed by atoms with E-state index < -0.39 is 0 Å². The molecule has 3 nitrogen and oxygen atoms in total. The minimum absolute atomic E-state index is 0.712. The summed E-state index contributed by atoms with van der Waals surface area (Å²) in [5.74, 6) is 1.58. The maximum absolute atomic E-state index is 5.58. The number of hydrogen-bond acceptors (Lipinski definition) is 3. The van der Waals surface area contributed by atoms with Crippen LogP contribution in [0.3, 0.4) is 0 Å². The molecule has 0 bridgehead atoms. The van der Waals surface area contributed by atoms with Crippen molar-refractivity contribution in [2.75, 3.05) is 19.0 Å². The van der Waals surface area contributed by atoms with Crippen molar-refractivity contribution < 1.29 is 4.42 Å². The molecular formula is C13H16N2O. The van der Waals surface area contributed by atoms with E-state index in [9.17, 15) is 0 Å². The van der Waals surface area contributed by atoms with Crippen molar-refractivity contribution in [2.45, 2.75) is 13.8 Å². The van der Waals surface area contributed by atoms with Crippen molar-refractivity contribution in [2.24, 2.45) is 0 Å². The monoisotopic (exact) mass is 216 g/mol. The second-order valence-corrected chi connectivity index (χ2v) is 4.09. The summed E-state index contributed by atoms with van der Waals surface area (Å²) in [5.41, 5.74) is 3.19. The van der Waals surface area contributed by atoms with Gasteiger partial charge in [0, 0.05) is 32.3 Å². The van der Waals surface area contributed by atoms with Gasteiger partial charge in [0.15, 0.2) is 11.7 Å². The van der Waals surface area contributed by atoms with Gasteiger partial charge in [0.2, 0.25) is 0 Å². The Kier molecular flexibility index (Phi) is 2.69. The van der Waals surface area contributed by atoms with E-state index in [0.29, 0.717) is 5.89 Å². The second-order valence-electron chi connectivity index (χ2n) is 4.09. The number of oxazole rings is 1. The molecule has 0 saturated carbocycles. The van der Waals surface area contributed by atoms with Crippen molar-refractivity contribution in [1.82, 2.24) is 4.98 Å². The molecule has 1 aromatic carbocycles. The molecule has 3 heteroatoms. The Morgan fingerprint density at radius 1 is 1.06 bits per heavy atom. The number of hydrogen-bond donors (Lipinski definition) is 0. The van der Waals surface area contributed by atoms with Gasteiger partial charge in [-0.25, -0.2) is 4.98 Å². The molecule has 2 aromatic rings. The minimum Gasteiger partial charge on any atom is -0.441 e. The van der Waals surface area contributed by atoms with Crippen molar-refractivity contribution >= 4 is 5.69 Å². The highest BCUT2D eigenvalue weighted by atomic mass is 16.4. The highest BCUT2D eigenvalue weighted by Gasteiger charge is 2.09. The number of aromatic nitrogens is 1. The van der Waals surface area contributed by atoms with Crippen LogP contribution in [0.5, 0.6) is 0 Å². The van der Waals surface area contributed by atoms with Gasteiger partial charge in [0.25, 0.3) is 0 Å². The molecule has 0 saturated heterocycles. The molecule has 1 aromatic heterocycles. The van der Waals surface area contributed by atoms with E-state index in [1.165, 1.54) is 5.69 Å². The molecule has 0 atom stereocenters. The lowest BCUT2D eigenvalue weighted by Crippen LogP contribution is -2.07. The van der Waals surface area contributed by atoms with Crippen LogP contribution in [0.15, 0.2) is 28.7 Å². The third-order valence-corrected chi connectivity index (χ3v) is 2.55. The highest BCUT2D eigenvalue weighted by molar-refractivity contribution is 5.63. The van der Waals surface area contributed by atoms with Gasteiger partial charge in [-0.1, -0.05) is 0 Å². The lowest BCUT2D eigenvalue weighted by atomic mass is 10.1. The van der Waals surface area contributed by atoms with E-state index in [-0.39, 0.29) is 0 Å². The molecule has 0 unspecified atom stereocenters. The summed E-state index contributed by atoms with van der Waals surface area (Å²) >= 11 is 0. The smallest absolute Gasteiger partial charge is 0.192 e. The van der Waals surface area contributed by atoms with Crippen LogP contribution in [-0.4, -0.2) is 19.1 Å². The molecule has 16 heavy (non-hydrogen) atoms. The predicted molar refractivity (Wildman–Crippen MR) is 65.7 cm³/mol. The zero-order valence-electron chi connectivity index (χ0n) is 10.1. The normalized spacial score (nSPS) is 10.5. The SMILES string of the molecule is Cc1nc(C)c(-c2ccc(N(C)C)cc2)o1. The number of aryl methyl sites for hydroxylation is 2. The van der Waals surface area contributed by atoms with E-state index in [1.807, 2.05) is 27.9 Å². The summed E-state index contributed by atoms with van der Waals surface area (Å²) in [5, 5.41) is 0. The largest absolute Gasteiger partial charge is 0.441 e. The Bertz CT molecular complexity index is 483. The zero-order chi connectivity index (χ0) is 11.7. The molecule has 1 heterocycles. The molecule has 0 aliphatic carbocycles. The summed E-state index contributed by atoms with van der Waals surface area (Å²) in [6.45, 7) is 3.83. The van der Waals surface area contributed by atoms with Gasteiger partial charge in [0.1, 0.15) is 0 Å². The van der Waals surface area contributed by atoms with Crippen LogP contribution >= 0.6 is 0 Å². The van der Waals surface area contributed by atoms with E-state index in [0.717, 1.165) is 17.0 Å². The Morgan fingerprint density at radius 2 is 1.69 bits per heavy atom. The molecule has 84 valence electrons. The molecule has 0 fully saturated rings. The standard InChI is InChI=1S/C13H16N2O/c1-9-13(16-10(2)14-9)11-5-7-12(8-6-11)15(3)4/h5-8H,1-4H3. The Balaban J connectivity index is 2.38. The first-order chi connectivity index (χ1) is 7.58. The molecule has 0 spiro atoms.